The van der Waals surface area contributed by atoms with Crippen LogP contribution in [0.1, 0.15) is 321 Å². The van der Waals surface area contributed by atoms with Gasteiger partial charge in [0.1, 0.15) is 0 Å². The van der Waals surface area contributed by atoms with E-state index in [0.29, 0.717) is 23.9 Å². The zero-order valence-corrected chi connectivity index (χ0v) is 57.4. The first-order valence-electron chi connectivity index (χ1n) is 42.3. The van der Waals surface area contributed by atoms with Crippen LogP contribution in [0.4, 0.5) is 0 Å². The molecule has 17 aliphatic rings. The van der Waals surface area contributed by atoms with Crippen molar-refractivity contribution in [1.82, 2.24) is 25.3 Å². The second-order valence-electron chi connectivity index (χ2n) is 37.2. The van der Waals surface area contributed by atoms with E-state index in [4.69, 9.17) is 5.32 Å². The molecule has 12 saturated carbocycles. The Balaban J connectivity index is 0.752. The molecule has 498 valence electrons. The highest BCUT2D eigenvalue weighted by Crippen LogP contribution is 2.66. The molecule has 5 saturated heterocycles. The average Bonchev–Trinajstić information content (AvgIpc) is 1.56. The van der Waals surface area contributed by atoms with Gasteiger partial charge in [-0.15, -0.1) is 0 Å². The average molecular weight is 1220 g/mol. The zero-order chi connectivity index (χ0) is 58.9. The standard InChI is InChI=1S/C83H136N6/c84-53-70-79(56-35-41-61(42-36-56)87-73-29-13-7-23-64(73)65-24-8-14-30-74(65)87)81(57-37-43-62(44-38-57)88-75-31-15-9-25-66(75)67-26-10-16-32-76(67)88)83(58-39-45-63(46-40-58)89-77-33-17-11-27-68(77)69-28-12-18-34-78(69)89)82(59-47-49-85-50-48-59)80(70)60-51-71(54-19-3-1-4-20-54)86-72(52-60)55-21-5-2-6-22-55/h54-83,85-86H,1-52H2. The number of hydrogen-bond acceptors (Lipinski definition) is 6. The summed E-state index contributed by atoms with van der Waals surface area (Å²) in [4.78, 5) is 10.1. The van der Waals surface area contributed by atoms with Gasteiger partial charge in [-0.3, -0.25) is 14.7 Å². The van der Waals surface area contributed by atoms with E-state index in [2.05, 4.69) is 26.1 Å². The van der Waals surface area contributed by atoms with Crippen LogP contribution in [-0.2, 0) is 0 Å². The molecule has 6 nitrogen and oxygen atoms in total. The molecule has 0 amide bonds. The van der Waals surface area contributed by atoms with Crippen LogP contribution < -0.4 is 10.6 Å². The molecule has 0 spiro atoms. The normalized spacial score (nSPS) is 51.0. The maximum Gasteiger partial charge on any atom is 0.0662 e. The van der Waals surface area contributed by atoms with Crippen molar-refractivity contribution in [2.24, 2.45) is 112 Å². The van der Waals surface area contributed by atoms with Crippen molar-refractivity contribution in [1.29, 1.82) is 5.26 Å². The summed E-state index contributed by atoms with van der Waals surface area (Å²) in [6, 6.07) is 13.0. The number of nitrogens with one attached hydrogen (secondary N) is 2. The Bertz CT molecular complexity index is 2210. The zero-order valence-electron chi connectivity index (χ0n) is 57.4. The highest BCUT2D eigenvalue weighted by atomic mass is 15.3. The second-order valence-corrected chi connectivity index (χ2v) is 37.2. The van der Waals surface area contributed by atoms with Crippen molar-refractivity contribution in [3.63, 3.8) is 0 Å². The van der Waals surface area contributed by atoms with E-state index in [1.54, 1.807) is 25.7 Å². The molecule has 0 aromatic carbocycles. The number of fused-ring (bicyclic) bond motifs is 9. The van der Waals surface area contributed by atoms with Gasteiger partial charge in [0.15, 0.2) is 0 Å². The Morgan fingerprint density at radius 3 is 0.843 bits per heavy atom. The van der Waals surface area contributed by atoms with Crippen LogP contribution in [0.2, 0.25) is 0 Å². The Morgan fingerprint density at radius 2 is 0.517 bits per heavy atom. The summed E-state index contributed by atoms with van der Waals surface area (Å²) in [7, 11) is 0. The molecule has 17 rings (SSSR count). The van der Waals surface area contributed by atoms with Crippen LogP contribution in [0, 0.1) is 124 Å². The fraction of sp³-hybridized carbons (Fsp3) is 0.988. The third kappa shape index (κ3) is 11.7. The Kier molecular flexibility index (Phi) is 19.2. The van der Waals surface area contributed by atoms with Crippen LogP contribution in [0.3, 0.4) is 0 Å². The predicted molar refractivity (Wildman–Crippen MR) is 366 cm³/mol. The third-order valence-electron chi connectivity index (χ3n) is 34.0. The minimum atomic E-state index is 0.256. The number of piperidine rings is 2. The van der Waals surface area contributed by atoms with E-state index < -0.39 is 0 Å². The molecule has 89 heavy (non-hydrogen) atoms. The lowest BCUT2D eigenvalue weighted by Crippen LogP contribution is -2.61. The number of likely N-dealkylation sites (tertiary alicyclic amines) is 3. The van der Waals surface area contributed by atoms with Crippen LogP contribution >= 0.6 is 0 Å². The Labute approximate surface area is 546 Å². The first kappa shape index (κ1) is 61.9. The van der Waals surface area contributed by atoms with Crippen molar-refractivity contribution in [2.75, 3.05) is 13.1 Å². The van der Waals surface area contributed by atoms with Gasteiger partial charge in [0.2, 0.25) is 0 Å². The molecule has 12 aliphatic carbocycles. The smallest absolute Gasteiger partial charge is 0.0662 e. The summed E-state index contributed by atoms with van der Waals surface area (Å²) in [5, 5.41) is 21.8. The molecule has 2 N–H and O–H groups in total. The summed E-state index contributed by atoms with van der Waals surface area (Å²) < 4.78 is 0. The van der Waals surface area contributed by atoms with Crippen molar-refractivity contribution in [2.45, 2.75) is 388 Å². The molecule has 20 atom stereocenters. The lowest BCUT2D eigenvalue weighted by Gasteiger charge is -2.63. The van der Waals surface area contributed by atoms with Gasteiger partial charge in [0.05, 0.1) is 12.0 Å². The molecule has 5 aliphatic heterocycles. The first-order chi connectivity index (χ1) is 44.1. The summed E-state index contributed by atoms with van der Waals surface area (Å²) in [6.45, 7) is 2.46. The second kappa shape index (κ2) is 27.7. The molecule has 20 unspecified atom stereocenters. The van der Waals surface area contributed by atoms with Crippen molar-refractivity contribution in [3.8, 4) is 6.07 Å². The van der Waals surface area contributed by atoms with Crippen molar-refractivity contribution >= 4 is 0 Å². The molecule has 17 fully saturated rings. The maximum atomic E-state index is 13.1. The molecule has 5 heterocycles. The summed E-state index contributed by atoms with van der Waals surface area (Å²) in [6.07, 6.45) is 74.5. The van der Waals surface area contributed by atoms with Gasteiger partial charge in [-0.25, -0.2) is 0 Å². The van der Waals surface area contributed by atoms with Gasteiger partial charge < -0.3 is 10.6 Å². The van der Waals surface area contributed by atoms with E-state index in [-0.39, 0.29) is 5.92 Å². The van der Waals surface area contributed by atoms with Crippen LogP contribution in [-0.4, -0.2) is 94.2 Å². The van der Waals surface area contributed by atoms with Gasteiger partial charge in [-0.1, -0.05) is 116 Å². The van der Waals surface area contributed by atoms with Gasteiger partial charge in [0, 0.05) is 66.5 Å². The quantitative estimate of drug-likeness (QED) is 0.227. The molecular weight excluding hydrogens is 1080 g/mol. The van der Waals surface area contributed by atoms with E-state index in [0.717, 1.165) is 149 Å². The maximum absolute atomic E-state index is 13.1. The molecule has 0 radical (unpaired) electrons. The molecule has 6 heteroatoms. The van der Waals surface area contributed by atoms with Crippen molar-refractivity contribution in [3.05, 3.63) is 0 Å². The van der Waals surface area contributed by atoms with E-state index >= 15 is 0 Å². The Hall–Kier alpha value is -0.710. The SMILES string of the molecule is N#CC1C(C2CCC(N3C4CCCCC4C4CCCCC43)CC2)C(C2CCC(N3C4CCCCC4C4CCCCC43)CC2)C(C2CCC(N3C4CCCCC4C4CCCCC43)CC2)C(C2CCNCC2)C1C1CC(C2CCCCC2)NC(C2CCCCC2)C1. The topological polar surface area (TPSA) is 57.6 Å². The monoisotopic (exact) mass is 1220 g/mol. The summed E-state index contributed by atoms with van der Waals surface area (Å²) in [5.74, 6) is 15.6. The minimum Gasteiger partial charge on any atom is -0.317 e. The minimum absolute atomic E-state index is 0.256. The van der Waals surface area contributed by atoms with E-state index in [1.807, 2.05) is 0 Å². The lowest BCUT2D eigenvalue weighted by molar-refractivity contribution is -0.142. The van der Waals surface area contributed by atoms with Gasteiger partial charge in [0.25, 0.3) is 0 Å². The molecule has 0 aromatic heterocycles. The van der Waals surface area contributed by atoms with Gasteiger partial charge >= 0.3 is 0 Å². The van der Waals surface area contributed by atoms with Crippen LogP contribution in [0.15, 0.2) is 0 Å². The first-order valence-corrected chi connectivity index (χ1v) is 42.3. The fourth-order valence-electron chi connectivity index (χ4n) is 31.0. The van der Waals surface area contributed by atoms with Crippen LogP contribution in [0.25, 0.3) is 0 Å². The highest BCUT2D eigenvalue weighted by Gasteiger charge is 2.63. The molecule has 0 bridgehead atoms. The summed E-state index contributed by atoms with van der Waals surface area (Å²) >= 11 is 0. The van der Waals surface area contributed by atoms with E-state index in [9.17, 15) is 5.26 Å². The van der Waals surface area contributed by atoms with Gasteiger partial charge in [-0.2, -0.15) is 5.26 Å². The Morgan fingerprint density at radius 1 is 0.247 bits per heavy atom. The van der Waals surface area contributed by atoms with Crippen LogP contribution in [0.5, 0.6) is 0 Å². The van der Waals surface area contributed by atoms with E-state index in [1.165, 1.54) is 308 Å². The molecule has 0 aromatic rings. The predicted octanol–water partition coefficient (Wildman–Crippen LogP) is 19.1. The number of nitriles is 1. The number of hydrogen-bond donors (Lipinski definition) is 2. The number of nitrogens with zero attached hydrogens (tertiary/aromatic N) is 4. The van der Waals surface area contributed by atoms with Crippen molar-refractivity contribution < 1.29 is 0 Å². The number of rotatable bonds is 10. The largest absolute Gasteiger partial charge is 0.317 e. The van der Waals surface area contributed by atoms with Gasteiger partial charge in [-0.05, 0) is 325 Å². The highest BCUT2D eigenvalue weighted by molar-refractivity contribution is 5.16. The summed E-state index contributed by atoms with van der Waals surface area (Å²) in [5.41, 5.74) is 0. The fourth-order valence-corrected chi connectivity index (χ4v) is 31.0. The third-order valence-corrected chi connectivity index (χ3v) is 34.0. The molecular formula is C83H136N6. The lowest BCUT2D eigenvalue weighted by atomic mass is 9.42.